The van der Waals surface area contributed by atoms with Crippen LogP contribution in [0, 0.1) is 6.92 Å². The van der Waals surface area contributed by atoms with Crippen molar-refractivity contribution in [3.63, 3.8) is 0 Å². The van der Waals surface area contributed by atoms with E-state index < -0.39 is 10.0 Å². The number of sulfonamides is 1. The first-order valence-corrected chi connectivity index (χ1v) is 10.2. The van der Waals surface area contributed by atoms with Crippen LogP contribution in [0.25, 0.3) is 0 Å². The van der Waals surface area contributed by atoms with Gasteiger partial charge in [0.2, 0.25) is 0 Å². The third-order valence-electron chi connectivity index (χ3n) is 3.92. The van der Waals surface area contributed by atoms with E-state index in [0.717, 1.165) is 11.1 Å². The summed E-state index contributed by atoms with van der Waals surface area (Å²) in [6, 6.07) is 17.0. The highest BCUT2D eigenvalue weighted by molar-refractivity contribution is 8.15. The molecular weight excluding hydrogens is 340 g/mol. The zero-order valence-electron chi connectivity index (χ0n) is 13.7. The van der Waals surface area contributed by atoms with Crippen molar-refractivity contribution in [1.29, 1.82) is 0 Å². The molecular formula is C18H20N2O2S2. The van der Waals surface area contributed by atoms with Gasteiger partial charge in [0, 0.05) is 5.25 Å². The second-order valence-electron chi connectivity index (χ2n) is 5.73. The predicted molar refractivity (Wildman–Crippen MR) is 99.8 cm³/mol. The van der Waals surface area contributed by atoms with Crippen molar-refractivity contribution in [3.8, 4) is 0 Å². The zero-order chi connectivity index (χ0) is 17.2. The Balaban J connectivity index is 1.81. The second-order valence-corrected chi connectivity index (χ2v) is 8.90. The van der Waals surface area contributed by atoms with Gasteiger partial charge < -0.3 is 0 Å². The van der Waals surface area contributed by atoms with Crippen LogP contribution in [-0.2, 0) is 10.0 Å². The number of benzene rings is 2. The second kappa shape index (κ2) is 6.99. The molecule has 24 heavy (non-hydrogen) atoms. The maximum Gasteiger partial charge on any atom is 0.265 e. The van der Waals surface area contributed by atoms with E-state index >= 15 is 0 Å². The van der Waals surface area contributed by atoms with Crippen LogP contribution in [0.15, 0.2) is 64.5 Å². The van der Waals surface area contributed by atoms with Gasteiger partial charge in [0.1, 0.15) is 0 Å². The van der Waals surface area contributed by atoms with Gasteiger partial charge >= 0.3 is 0 Å². The van der Waals surface area contributed by atoms with Crippen molar-refractivity contribution in [1.82, 2.24) is 4.31 Å². The number of aliphatic imine (C=N–C) groups is 1. The molecule has 0 amide bonds. The van der Waals surface area contributed by atoms with E-state index in [2.05, 4.69) is 11.9 Å². The minimum atomic E-state index is -3.55. The van der Waals surface area contributed by atoms with Gasteiger partial charge in [-0.25, -0.2) is 12.7 Å². The van der Waals surface area contributed by atoms with Crippen molar-refractivity contribution in [3.05, 3.63) is 65.7 Å². The summed E-state index contributed by atoms with van der Waals surface area (Å²) in [4.78, 5) is 4.73. The van der Waals surface area contributed by atoms with Crippen LogP contribution in [0.4, 0.5) is 0 Å². The number of rotatable bonds is 4. The lowest BCUT2D eigenvalue weighted by Crippen LogP contribution is -2.33. The van der Waals surface area contributed by atoms with E-state index in [1.54, 1.807) is 12.1 Å². The van der Waals surface area contributed by atoms with Crippen LogP contribution < -0.4 is 0 Å². The highest BCUT2D eigenvalue weighted by atomic mass is 32.2. The molecule has 0 bridgehead atoms. The normalized spacial score (nSPS) is 16.1. The number of amidine groups is 1. The summed E-state index contributed by atoms with van der Waals surface area (Å²) in [7, 11) is -3.55. The Labute approximate surface area is 147 Å². The summed E-state index contributed by atoms with van der Waals surface area (Å²) in [5, 5.41) is 0.714. The van der Waals surface area contributed by atoms with E-state index in [4.69, 9.17) is 0 Å². The highest BCUT2D eigenvalue weighted by Crippen LogP contribution is 2.33. The van der Waals surface area contributed by atoms with Gasteiger partial charge in [-0.3, -0.25) is 4.99 Å². The Hall–Kier alpha value is -1.79. The highest BCUT2D eigenvalue weighted by Gasteiger charge is 2.31. The van der Waals surface area contributed by atoms with Gasteiger partial charge in [-0.15, -0.1) is 0 Å². The summed E-state index contributed by atoms with van der Waals surface area (Å²) in [6.45, 7) is 4.92. The topological polar surface area (TPSA) is 49.7 Å². The fourth-order valence-electron chi connectivity index (χ4n) is 2.52. The van der Waals surface area contributed by atoms with Crippen LogP contribution >= 0.6 is 11.8 Å². The molecule has 4 nitrogen and oxygen atoms in total. The van der Waals surface area contributed by atoms with Gasteiger partial charge in [0.15, 0.2) is 5.17 Å². The van der Waals surface area contributed by atoms with Crippen LogP contribution in [0.5, 0.6) is 0 Å². The molecule has 3 rings (SSSR count). The minimum Gasteiger partial charge on any atom is -0.260 e. The van der Waals surface area contributed by atoms with Gasteiger partial charge in [-0.05, 0) is 31.5 Å². The Morgan fingerprint density at radius 3 is 2.42 bits per heavy atom. The van der Waals surface area contributed by atoms with Crippen molar-refractivity contribution >= 4 is 27.0 Å². The average molecular weight is 361 g/mol. The van der Waals surface area contributed by atoms with E-state index in [-0.39, 0.29) is 5.25 Å². The maximum atomic E-state index is 12.9. The molecule has 2 aromatic carbocycles. The molecule has 0 aliphatic carbocycles. The molecule has 0 N–H and O–H groups in total. The third-order valence-corrected chi connectivity index (χ3v) is 7.03. The molecule has 1 heterocycles. The van der Waals surface area contributed by atoms with E-state index in [9.17, 15) is 8.42 Å². The molecule has 0 aromatic heterocycles. The predicted octanol–water partition coefficient (Wildman–Crippen LogP) is 3.85. The quantitative estimate of drug-likeness (QED) is 0.832. The first-order chi connectivity index (χ1) is 11.5. The summed E-state index contributed by atoms with van der Waals surface area (Å²) in [5.74, 6) is 0. The first kappa shape index (κ1) is 17.0. The third kappa shape index (κ3) is 3.49. The van der Waals surface area contributed by atoms with E-state index in [0.29, 0.717) is 23.2 Å². The smallest absolute Gasteiger partial charge is 0.260 e. The van der Waals surface area contributed by atoms with Gasteiger partial charge in [0.05, 0.1) is 18.0 Å². The largest absolute Gasteiger partial charge is 0.265 e. The fraction of sp³-hybridized carbons (Fsp3) is 0.278. The summed E-state index contributed by atoms with van der Waals surface area (Å²) in [6.07, 6.45) is 0. The number of aryl methyl sites for hydroxylation is 1. The van der Waals surface area contributed by atoms with Gasteiger partial charge in [-0.1, -0.05) is 59.8 Å². The van der Waals surface area contributed by atoms with Crippen LogP contribution in [-0.4, -0.2) is 31.0 Å². The Morgan fingerprint density at radius 1 is 1.08 bits per heavy atom. The molecule has 1 aliphatic rings. The van der Waals surface area contributed by atoms with E-state index in [1.807, 2.05) is 49.4 Å². The Bertz CT molecular complexity index is 831. The van der Waals surface area contributed by atoms with Crippen LogP contribution in [0.1, 0.15) is 23.3 Å². The molecule has 0 radical (unpaired) electrons. The summed E-state index contributed by atoms with van der Waals surface area (Å²) in [5.41, 5.74) is 2.20. The van der Waals surface area contributed by atoms with Crippen molar-refractivity contribution in [2.75, 3.05) is 13.1 Å². The molecule has 0 saturated heterocycles. The van der Waals surface area contributed by atoms with Gasteiger partial charge in [0.25, 0.3) is 10.0 Å². The molecule has 0 fully saturated rings. The zero-order valence-corrected chi connectivity index (χ0v) is 15.3. The molecule has 0 spiro atoms. The van der Waals surface area contributed by atoms with E-state index in [1.165, 1.54) is 16.1 Å². The number of thioether (sulfide) groups is 1. The lowest BCUT2D eigenvalue weighted by molar-refractivity contribution is 0.540. The van der Waals surface area contributed by atoms with Crippen molar-refractivity contribution < 1.29 is 8.42 Å². The molecule has 6 heteroatoms. The van der Waals surface area contributed by atoms with Crippen LogP contribution in [0.2, 0.25) is 0 Å². The minimum absolute atomic E-state index is 0.138. The Morgan fingerprint density at radius 2 is 1.75 bits per heavy atom. The molecule has 1 atom stereocenters. The monoisotopic (exact) mass is 360 g/mol. The number of hydrogen-bond donors (Lipinski definition) is 0. The van der Waals surface area contributed by atoms with Crippen LogP contribution in [0.3, 0.4) is 0 Å². The van der Waals surface area contributed by atoms with Gasteiger partial charge in [-0.2, -0.15) is 0 Å². The molecule has 1 aliphatic heterocycles. The SMILES string of the molecule is Cc1ccc(S(=O)(=O)N2CCN=C2S[C@@H](C)c2ccccc2)cc1. The lowest BCUT2D eigenvalue weighted by Gasteiger charge is -2.22. The first-order valence-electron chi connectivity index (χ1n) is 7.84. The fourth-order valence-corrected chi connectivity index (χ4v) is 5.25. The molecule has 0 saturated carbocycles. The van der Waals surface area contributed by atoms with Crippen molar-refractivity contribution in [2.45, 2.75) is 24.0 Å². The lowest BCUT2D eigenvalue weighted by atomic mass is 10.2. The molecule has 0 unspecified atom stereocenters. The summed E-state index contributed by atoms with van der Waals surface area (Å²) >= 11 is 1.49. The number of nitrogens with zero attached hydrogens (tertiary/aromatic N) is 2. The Kier molecular flexibility index (Phi) is 4.96. The summed E-state index contributed by atoms with van der Waals surface area (Å²) < 4.78 is 27.2. The number of hydrogen-bond acceptors (Lipinski definition) is 4. The standard InChI is InChI=1S/C18H20N2O2S2/c1-14-8-10-17(11-9-14)24(21,22)20-13-12-19-18(20)23-15(2)16-6-4-3-5-7-16/h3-11,15H,12-13H2,1-2H3/t15-/m0/s1. The molecule has 2 aromatic rings. The van der Waals surface area contributed by atoms with Crippen molar-refractivity contribution in [2.24, 2.45) is 4.99 Å². The maximum absolute atomic E-state index is 12.9. The molecule has 126 valence electrons. The average Bonchev–Trinajstić information content (AvgIpc) is 3.05.